The molecule has 0 aliphatic rings. The first-order chi connectivity index (χ1) is 8.69. The van der Waals surface area contributed by atoms with E-state index in [2.05, 4.69) is 26.8 Å². The van der Waals surface area contributed by atoms with Crippen LogP contribution < -0.4 is 16.4 Å². The molecular weight excluding hydrogens is 228 g/mol. The number of anilines is 3. The Morgan fingerprint density at radius 1 is 1.17 bits per heavy atom. The van der Waals surface area contributed by atoms with Gasteiger partial charge in [-0.05, 0) is 24.6 Å². The van der Waals surface area contributed by atoms with Gasteiger partial charge in [-0.1, -0.05) is 0 Å². The summed E-state index contributed by atoms with van der Waals surface area (Å²) in [5.41, 5.74) is 12.4. The lowest BCUT2D eigenvalue weighted by atomic mass is 10.2. The summed E-state index contributed by atoms with van der Waals surface area (Å²) < 4.78 is 0. The number of nitrogens with two attached hydrogens (primary N) is 2. The van der Waals surface area contributed by atoms with Crippen molar-refractivity contribution in [2.45, 2.75) is 13.5 Å². The molecule has 0 aliphatic heterocycles. The molecule has 6 heteroatoms. The topological polar surface area (TPSA) is 94.0 Å². The zero-order valence-corrected chi connectivity index (χ0v) is 10.2. The molecule has 94 valence electrons. The van der Waals surface area contributed by atoms with E-state index in [4.69, 9.17) is 11.5 Å². The van der Waals surface area contributed by atoms with Crippen LogP contribution >= 0.6 is 0 Å². The average molecular weight is 244 g/mol. The summed E-state index contributed by atoms with van der Waals surface area (Å²) in [6, 6.07) is 5.66. The first-order valence-corrected chi connectivity index (χ1v) is 5.73. The van der Waals surface area contributed by atoms with Crippen LogP contribution in [0.5, 0.6) is 0 Å². The second-order valence-corrected chi connectivity index (χ2v) is 3.88. The van der Waals surface area contributed by atoms with Gasteiger partial charge >= 0.3 is 0 Å². The molecule has 0 amide bonds. The van der Waals surface area contributed by atoms with E-state index in [1.807, 2.05) is 12.1 Å². The molecule has 6 nitrogen and oxygen atoms in total. The van der Waals surface area contributed by atoms with Gasteiger partial charge < -0.3 is 16.4 Å². The van der Waals surface area contributed by atoms with Crippen molar-refractivity contribution in [1.82, 2.24) is 15.0 Å². The van der Waals surface area contributed by atoms with Crippen LogP contribution in [-0.4, -0.2) is 21.5 Å². The number of pyridine rings is 1. The first-order valence-electron chi connectivity index (χ1n) is 5.73. The van der Waals surface area contributed by atoms with Crippen molar-refractivity contribution in [3.63, 3.8) is 0 Å². The maximum absolute atomic E-state index is 5.68. The average Bonchev–Trinajstić information content (AvgIpc) is 2.36. The van der Waals surface area contributed by atoms with Crippen molar-refractivity contribution in [2.24, 2.45) is 0 Å². The van der Waals surface area contributed by atoms with E-state index in [0.717, 1.165) is 24.5 Å². The van der Waals surface area contributed by atoms with E-state index >= 15 is 0 Å². The van der Waals surface area contributed by atoms with Gasteiger partial charge in [-0.3, -0.25) is 4.98 Å². The number of hydrogen-bond donors (Lipinski definition) is 2. The number of aromatic nitrogens is 3. The normalized spacial score (nSPS) is 10.3. The van der Waals surface area contributed by atoms with Crippen molar-refractivity contribution in [3.8, 4) is 0 Å². The lowest BCUT2D eigenvalue weighted by Gasteiger charge is -2.22. The minimum atomic E-state index is 0.193. The van der Waals surface area contributed by atoms with Gasteiger partial charge in [-0.15, -0.1) is 0 Å². The molecule has 0 aliphatic carbocycles. The quantitative estimate of drug-likeness (QED) is 0.835. The van der Waals surface area contributed by atoms with Crippen LogP contribution in [0.3, 0.4) is 0 Å². The van der Waals surface area contributed by atoms with Crippen LogP contribution in [-0.2, 0) is 6.54 Å². The lowest BCUT2D eigenvalue weighted by Crippen LogP contribution is -2.23. The SMILES string of the molecule is CCN(Cc1ccncc1)c1cc(N)nc(N)n1. The lowest BCUT2D eigenvalue weighted by molar-refractivity contribution is 0.811. The van der Waals surface area contributed by atoms with Crippen molar-refractivity contribution in [1.29, 1.82) is 0 Å². The Labute approximate surface area is 106 Å². The number of rotatable bonds is 4. The highest BCUT2D eigenvalue weighted by atomic mass is 15.2. The van der Waals surface area contributed by atoms with E-state index in [9.17, 15) is 0 Å². The minimum Gasteiger partial charge on any atom is -0.383 e. The van der Waals surface area contributed by atoms with Crippen LogP contribution in [0.1, 0.15) is 12.5 Å². The zero-order chi connectivity index (χ0) is 13.0. The highest BCUT2D eigenvalue weighted by Crippen LogP contribution is 2.17. The van der Waals surface area contributed by atoms with Gasteiger partial charge in [0, 0.05) is 31.5 Å². The van der Waals surface area contributed by atoms with Gasteiger partial charge in [0.05, 0.1) is 0 Å². The Bertz CT molecular complexity index is 493. The highest BCUT2D eigenvalue weighted by Gasteiger charge is 2.08. The van der Waals surface area contributed by atoms with Crippen molar-refractivity contribution < 1.29 is 0 Å². The third kappa shape index (κ3) is 2.85. The summed E-state index contributed by atoms with van der Waals surface area (Å²) in [6.45, 7) is 3.59. The van der Waals surface area contributed by atoms with Crippen LogP contribution in [0.25, 0.3) is 0 Å². The molecule has 0 saturated heterocycles. The van der Waals surface area contributed by atoms with Gasteiger partial charge in [-0.25, -0.2) is 0 Å². The standard InChI is InChI=1S/C12H16N6/c1-2-18(8-9-3-5-15-6-4-9)11-7-10(13)16-12(14)17-11/h3-7H,2,8H2,1H3,(H4,13,14,16,17). The number of hydrogen-bond acceptors (Lipinski definition) is 6. The molecule has 18 heavy (non-hydrogen) atoms. The van der Waals surface area contributed by atoms with E-state index in [1.165, 1.54) is 0 Å². The monoisotopic (exact) mass is 244 g/mol. The molecule has 2 rings (SSSR count). The van der Waals surface area contributed by atoms with E-state index in [1.54, 1.807) is 18.5 Å². The third-order valence-electron chi connectivity index (χ3n) is 2.58. The fraction of sp³-hybridized carbons (Fsp3) is 0.250. The molecule has 0 bridgehead atoms. The molecular formula is C12H16N6. The van der Waals surface area contributed by atoms with Gasteiger partial charge in [0.15, 0.2) is 0 Å². The maximum Gasteiger partial charge on any atom is 0.223 e. The molecule has 2 aromatic heterocycles. The van der Waals surface area contributed by atoms with Gasteiger partial charge in [0.2, 0.25) is 5.95 Å². The maximum atomic E-state index is 5.68. The van der Waals surface area contributed by atoms with Crippen molar-refractivity contribution >= 4 is 17.6 Å². The second-order valence-electron chi connectivity index (χ2n) is 3.88. The summed E-state index contributed by atoms with van der Waals surface area (Å²) in [7, 11) is 0. The van der Waals surface area contributed by atoms with Gasteiger partial charge in [0.25, 0.3) is 0 Å². The smallest absolute Gasteiger partial charge is 0.223 e. The molecule has 0 aromatic carbocycles. The Kier molecular flexibility index (Phi) is 3.57. The predicted octanol–water partition coefficient (Wildman–Crippen LogP) is 1.06. The molecule has 0 atom stereocenters. The van der Waals surface area contributed by atoms with E-state index in [-0.39, 0.29) is 5.95 Å². The number of nitrogens with zero attached hydrogens (tertiary/aromatic N) is 4. The Hall–Kier alpha value is -2.37. The van der Waals surface area contributed by atoms with E-state index in [0.29, 0.717) is 5.82 Å². The first kappa shape index (κ1) is 12.1. The Balaban J connectivity index is 2.23. The molecule has 4 N–H and O–H groups in total. The summed E-state index contributed by atoms with van der Waals surface area (Å²) in [4.78, 5) is 14.1. The van der Waals surface area contributed by atoms with Crippen LogP contribution in [0, 0.1) is 0 Å². The van der Waals surface area contributed by atoms with E-state index < -0.39 is 0 Å². The number of nitrogen functional groups attached to an aromatic ring is 2. The van der Waals surface area contributed by atoms with Gasteiger partial charge in [0.1, 0.15) is 11.6 Å². The minimum absolute atomic E-state index is 0.193. The molecule has 0 spiro atoms. The largest absolute Gasteiger partial charge is 0.383 e. The second kappa shape index (κ2) is 5.31. The molecule has 0 radical (unpaired) electrons. The highest BCUT2D eigenvalue weighted by molar-refractivity contribution is 5.50. The van der Waals surface area contributed by atoms with Crippen molar-refractivity contribution in [2.75, 3.05) is 22.9 Å². The van der Waals surface area contributed by atoms with Gasteiger partial charge in [-0.2, -0.15) is 9.97 Å². The molecule has 0 unspecified atom stereocenters. The fourth-order valence-electron chi connectivity index (χ4n) is 1.70. The predicted molar refractivity (Wildman–Crippen MR) is 71.8 cm³/mol. The molecule has 2 heterocycles. The molecule has 0 fully saturated rings. The fourth-order valence-corrected chi connectivity index (χ4v) is 1.70. The van der Waals surface area contributed by atoms with Crippen LogP contribution in [0.2, 0.25) is 0 Å². The van der Waals surface area contributed by atoms with Crippen LogP contribution in [0.15, 0.2) is 30.6 Å². The molecule has 0 saturated carbocycles. The van der Waals surface area contributed by atoms with Crippen LogP contribution in [0.4, 0.5) is 17.6 Å². The third-order valence-corrected chi connectivity index (χ3v) is 2.58. The Morgan fingerprint density at radius 2 is 1.89 bits per heavy atom. The summed E-state index contributed by atoms with van der Waals surface area (Å²) in [5, 5.41) is 0. The zero-order valence-electron chi connectivity index (χ0n) is 10.2. The Morgan fingerprint density at radius 3 is 2.50 bits per heavy atom. The van der Waals surface area contributed by atoms with Crippen molar-refractivity contribution in [3.05, 3.63) is 36.2 Å². The summed E-state index contributed by atoms with van der Waals surface area (Å²) >= 11 is 0. The molecule has 2 aromatic rings. The summed E-state index contributed by atoms with van der Waals surface area (Å²) in [6.07, 6.45) is 3.54. The summed E-state index contributed by atoms with van der Waals surface area (Å²) in [5.74, 6) is 1.31.